The van der Waals surface area contributed by atoms with Crippen LogP contribution in [0.1, 0.15) is 131 Å². The molecule has 9 amide bonds. The zero-order chi connectivity index (χ0) is 57.6. The van der Waals surface area contributed by atoms with Gasteiger partial charge in [-0.15, -0.1) is 0 Å². The van der Waals surface area contributed by atoms with Gasteiger partial charge in [0.05, 0.1) is 49.3 Å². The van der Waals surface area contributed by atoms with Gasteiger partial charge in [0.2, 0.25) is 35.4 Å². The number of imide groups is 1. The van der Waals surface area contributed by atoms with Crippen LogP contribution in [0.2, 0.25) is 0 Å². The second-order valence-corrected chi connectivity index (χ2v) is 21.9. The number of likely N-dealkylation sites (N-methyl/N-ethyl adjacent to an activating group) is 2. The number of carbonyl (C=O) groups excluding carboxylic acids is 9. The van der Waals surface area contributed by atoms with E-state index in [9.17, 15) is 43.2 Å². The molecule has 78 heavy (non-hydrogen) atoms. The molecule has 0 aromatic heterocycles. The highest BCUT2D eigenvalue weighted by Gasteiger charge is 2.44. The molecule has 3 aliphatic heterocycles. The van der Waals surface area contributed by atoms with Crippen LogP contribution in [0.5, 0.6) is 0 Å². The summed E-state index contributed by atoms with van der Waals surface area (Å²) in [7, 11) is 6.53. The van der Waals surface area contributed by atoms with Crippen LogP contribution in [0.3, 0.4) is 0 Å². The maximum atomic E-state index is 14.7. The number of hydroxylamine groups is 2. The van der Waals surface area contributed by atoms with Gasteiger partial charge < -0.3 is 29.9 Å². The molecule has 0 saturated carbocycles. The molecule has 0 bridgehead atoms. The van der Waals surface area contributed by atoms with Crippen molar-refractivity contribution in [1.82, 2.24) is 46.1 Å². The molecule has 0 spiro atoms. The molecule has 0 aliphatic carbocycles. The summed E-state index contributed by atoms with van der Waals surface area (Å²) >= 11 is 0. The normalized spacial score (nSPS) is 18.8. The Kier molecular flexibility index (Phi) is 26.8. The third kappa shape index (κ3) is 18.7. The molecule has 1 aromatic rings. The Hall–Kier alpha value is -5.77. The van der Waals surface area contributed by atoms with Crippen LogP contribution in [-0.2, 0) is 63.9 Å². The molecule has 21 heteroatoms. The van der Waals surface area contributed by atoms with Crippen molar-refractivity contribution >= 4 is 53.2 Å². The summed E-state index contributed by atoms with van der Waals surface area (Å²) in [5.41, 5.74) is 5.75. The molecule has 3 heterocycles. The number of likely N-dealkylation sites (tertiary alicyclic amines) is 1. The van der Waals surface area contributed by atoms with Crippen molar-refractivity contribution < 1.29 is 57.5 Å². The lowest BCUT2D eigenvalue weighted by Gasteiger charge is -2.41. The lowest BCUT2D eigenvalue weighted by Crippen LogP contribution is -2.60. The highest BCUT2D eigenvalue weighted by Crippen LogP contribution is 2.30. The van der Waals surface area contributed by atoms with Crippen LogP contribution in [0, 0.1) is 23.7 Å². The number of rotatable bonds is 31. The Bertz CT molecular complexity index is 2170. The summed E-state index contributed by atoms with van der Waals surface area (Å²) in [4.78, 5) is 132. The van der Waals surface area contributed by atoms with Crippen molar-refractivity contribution in [1.29, 1.82) is 0 Å². The Morgan fingerprint density at radius 1 is 0.769 bits per heavy atom. The largest absolute Gasteiger partial charge is 0.379 e. The van der Waals surface area contributed by atoms with Crippen LogP contribution < -0.4 is 21.5 Å². The molecular formula is C57H91N9O12. The average molecular weight is 1090 g/mol. The van der Waals surface area contributed by atoms with Gasteiger partial charge in [0.25, 0.3) is 17.7 Å². The molecule has 2 saturated heterocycles. The first-order valence-electron chi connectivity index (χ1n) is 28.2. The predicted molar refractivity (Wildman–Crippen MR) is 293 cm³/mol. The van der Waals surface area contributed by atoms with Gasteiger partial charge in [-0.25, -0.2) is 5.06 Å². The van der Waals surface area contributed by atoms with E-state index in [1.807, 2.05) is 76.8 Å². The van der Waals surface area contributed by atoms with Gasteiger partial charge in [-0.2, -0.15) is 0 Å². The third-order valence-corrected chi connectivity index (χ3v) is 15.5. The van der Waals surface area contributed by atoms with Gasteiger partial charge >= 0.3 is 0 Å². The zero-order valence-corrected chi connectivity index (χ0v) is 48.3. The lowest BCUT2D eigenvalue weighted by atomic mass is 9.89. The second kappa shape index (κ2) is 32.3. The van der Waals surface area contributed by atoms with E-state index in [0.29, 0.717) is 71.2 Å². The molecule has 4 N–H and O–H groups in total. The fourth-order valence-corrected chi connectivity index (χ4v) is 10.9. The molecule has 0 radical (unpaired) electrons. The fraction of sp³-hybridized carbons (Fsp3) is 0.702. The molecule has 21 nitrogen and oxygen atoms in total. The topological polar surface area (TPSA) is 246 Å². The first-order valence-corrected chi connectivity index (χ1v) is 28.2. The quantitative estimate of drug-likeness (QED) is 0.0472. The predicted octanol–water partition coefficient (Wildman–Crippen LogP) is 3.70. The number of hydrazine groups is 1. The summed E-state index contributed by atoms with van der Waals surface area (Å²) in [5.74, 6) is -4.36. The molecule has 9 unspecified atom stereocenters. The number of nitrogens with one attached hydrogen (secondary N) is 4. The standard InChI is InChI=1S/C57H91N9O12/c1-12-39(6)52(44(76-10)36-49(71)64-32-21-25-43(64)53(77-11)40(7)54(72)58-42(35-41-23-15-13-16-24-41)56(74)66-33-19-20-34-78-66)63(9)57(75)50(37(2)3)59-55(73)51(38(4)5)62(8)30-22-27-46(68)61-60-45(67)26-17-14-18-31-65-47(69)28-29-48(65)70/h13,15-16,23-24,28-29,37-40,42-44,50-53H,12,14,17-22,25-27,30-36H2,1-11H3,(H,58,72)(H,59,73)(H,60,67)(H,61,68). The molecule has 436 valence electrons. The highest BCUT2D eigenvalue weighted by atomic mass is 16.7. The lowest BCUT2D eigenvalue weighted by molar-refractivity contribution is -0.199. The maximum absolute atomic E-state index is 14.7. The van der Waals surface area contributed by atoms with E-state index >= 15 is 0 Å². The molecule has 4 rings (SSSR count). The number of unbranched alkanes of at least 4 members (excludes halogenated alkanes) is 2. The van der Waals surface area contributed by atoms with E-state index in [-0.39, 0.29) is 97.2 Å². The van der Waals surface area contributed by atoms with Crippen LogP contribution in [0.15, 0.2) is 42.5 Å². The van der Waals surface area contributed by atoms with Gasteiger partial charge in [0.15, 0.2) is 0 Å². The molecule has 2 fully saturated rings. The summed E-state index contributed by atoms with van der Waals surface area (Å²) in [6.45, 7) is 15.3. The summed E-state index contributed by atoms with van der Waals surface area (Å²) in [6, 6.07) is 6.02. The monoisotopic (exact) mass is 1090 g/mol. The van der Waals surface area contributed by atoms with E-state index in [1.165, 1.54) is 31.4 Å². The minimum Gasteiger partial charge on any atom is -0.379 e. The molecular weight excluding hydrogens is 1000 g/mol. The van der Waals surface area contributed by atoms with Crippen LogP contribution in [0.4, 0.5) is 0 Å². The van der Waals surface area contributed by atoms with Gasteiger partial charge in [0, 0.05) is 72.3 Å². The van der Waals surface area contributed by atoms with Crippen molar-refractivity contribution in [3.63, 3.8) is 0 Å². The van der Waals surface area contributed by atoms with Crippen LogP contribution >= 0.6 is 0 Å². The SMILES string of the molecule is CCC(C)C(C(CC(=O)N1CCCC1C(OC)C(C)C(=O)NC(Cc1ccccc1)C(=O)N1CCCCO1)OC)N(C)C(=O)C(NC(=O)C(C(C)C)N(C)CCCC(=O)NNC(=O)CCCCCN1C(=O)C=CC1=O)C(C)C. The minimum atomic E-state index is -0.921. The Morgan fingerprint density at radius 3 is 2.00 bits per heavy atom. The summed E-state index contributed by atoms with van der Waals surface area (Å²) < 4.78 is 12.2. The number of hydrogen-bond acceptors (Lipinski definition) is 13. The van der Waals surface area contributed by atoms with Gasteiger partial charge in [-0.05, 0) is 81.9 Å². The molecule has 9 atom stereocenters. The summed E-state index contributed by atoms with van der Waals surface area (Å²) in [5, 5.41) is 7.41. The number of methoxy groups -OCH3 is 2. The number of ether oxygens (including phenoxy) is 2. The zero-order valence-electron chi connectivity index (χ0n) is 48.3. The minimum absolute atomic E-state index is 0.0590. The van der Waals surface area contributed by atoms with E-state index in [2.05, 4.69) is 21.5 Å². The first-order chi connectivity index (χ1) is 37.1. The average Bonchev–Trinajstić information content (AvgIpc) is 4.04. The summed E-state index contributed by atoms with van der Waals surface area (Å²) in [6.07, 6.45) is 7.17. The van der Waals surface area contributed by atoms with E-state index < -0.39 is 54.2 Å². The van der Waals surface area contributed by atoms with Crippen molar-refractivity contribution in [3.8, 4) is 0 Å². The number of nitrogens with zero attached hydrogens (tertiary/aromatic N) is 5. The Morgan fingerprint density at radius 2 is 1.42 bits per heavy atom. The van der Waals surface area contributed by atoms with E-state index in [4.69, 9.17) is 14.3 Å². The van der Waals surface area contributed by atoms with Crippen LogP contribution in [-0.4, -0.2) is 181 Å². The molecule has 3 aliphatic rings. The highest BCUT2D eigenvalue weighted by molar-refractivity contribution is 6.12. The first kappa shape index (κ1) is 64.8. The maximum Gasteiger partial charge on any atom is 0.269 e. The van der Waals surface area contributed by atoms with Gasteiger partial charge in [0.1, 0.15) is 12.1 Å². The number of amides is 9. The Labute approximate surface area is 462 Å². The molecule has 1 aromatic carbocycles. The smallest absolute Gasteiger partial charge is 0.269 e. The van der Waals surface area contributed by atoms with Gasteiger partial charge in [-0.3, -0.25) is 68.6 Å². The Balaban J connectivity index is 1.34. The van der Waals surface area contributed by atoms with Crippen molar-refractivity contribution in [2.24, 2.45) is 23.7 Å². The third-order valence-electron chi connectivity index (χ3n) is 15.5. The van der Waals surface area contributed by atoms with Crippen molar-refractivity contribution in [3.05, 3.63) is 48.0 Å². The number of carbonyl (C=O) groups is 9. The van der Waals surface area contributed by atoms with E-state index in [1.54, 1.807) is 30.8 Å². The number of hydrogen-bond donors (Lipinski definition) is 4. The van der Waals surface area contributed by atoms with E-state index in [0.717, 1.165) is 23.3 Å². The number of benzene rings is 1. The second-order valence-electron chi connectivity index (χ2n) is 21.9. The van der Waals surface area contributed by atoms with Crippen molar-refractivity contribution in [2.45, 2.75) is 174 Å². The fourth-order valence-electron chi connectivity index (χ4n) is 10.9. The van der Waals surface area contributed by atoms with Crippen LogP contribution in [0.25, 0.3) is 0 Å². The van der Waals surface area contributed by atoms with Gasteiger partial charge in [-0.1, -0.05) is 91.6 Å². The van der Waals surface area contributed by atoms with Crippen molar-refractivity contribution in [2.75, 3.05) is 61.1 Å².